The molecule has 8 heteroatoms. The van der Waals surface area contributed by atoms with Crippen LogP contribution in [0, 0.1) is 0 Å². The number of carbonyl (C=O) groups is 1. The van der Waals surface area contributed by atoms with E-state index in [9.17, 15) is 13.2 Å². The smallest absolute Gasteiger partial charge is 0.245 e. The monoisotopic (exact) mass is 414 g/mol. The molecule has 0 bridgehead atoms. The summed E-state index contributed by atoms with van der Waals surface area (Å²) in [7, 11) is -0.713. The van der Waals surface area contributed by atoms with E-state index in [0.29, 0.717) is 22.9 Å². The van der Waals surface area contributed by atoms with Crippen molar-refractivity contribution < 1.29 is 22.7 Å². The molecule has 0 spiro atoms. The second-order valence-corrected chi connectivity index (χ2v) is 8.29. The minimum atomic E-state index is -3.71. The third-order valence-electron chi connectivity index (χ3n) is 4.40. The van der Waals surface area contributed by atoms with E-state index in [4.69, 9.17) is 9.47 Å². The van der Waals surface area contributed by atoms with Gasteiger partial charge in [0.1, 0.15) is 18.0 Å². The molecule has 0 aliphatic rings. The maximum absolute atomic E-state index is 12.7. The summed E-state index contributed by atoms with van der Waals surface area (Å²) in [5.74, 6) is 0.472. The summed E-state index contributed by atoms with van der Waals surface area (Å²) >= 11 is 0. The number of sulfonamides is 1. The van der Waals surface area contributed by atoms with Gasteiger partial charge < -0.3 is 14.8 Å². The van der Waals surface area contributed by atoms with Crippen LogP contribution in [-0.4, -0.2) is 41.3 Å². The molecule has 0 unspecified atom stereocenters. The topological polar surface area (TPSA) is 84.9 Å². The summed E-state index contributed by atoms with van der Waals surface area (Å²) in [6, 6.07) is 17.7. The van der Waals surface area contributed by atoms with Gasteiger partial charge in [-0.25, -0.2) is 8.42 Å². The van der Waals surface area contributed by atoms with E-state index in [0.717, 1.165) is 21.3 Å². The fraction of sp³-hybridized carbons (Fsp3) is 0.190. The Morgan fingerprint density at radius 1 is 1.00 bits per heavy atom. The van der Waals surface area contributed by atoms with Gasteiger partial charge in [0.2, 0.25) is 15.9 Å². The average Bonchev–Trinajstić information content (AvgIpc) is 2.71. The average molecular weight is 414 g/mol. The van der Waals surface area contributed by atoms with Crippen molar-refractivity contribution in [3.63, 3.8) is 0 Å². The summed E-state index contributed by atoms with van der Waals surface area (Å²) < 4.78 is 36.5. The maximum Gasteiger partial charge on any atom is 0.245 e. The molecule has 0 radical (unpaired) electrons. The summed E-state index contributed by atoms with van der Waals surface area (Å²) in [6.07, 6.45) is 1.08. The lowest BCUT2D eigenvalue weighted by Crippen LogP contribution is -2.37. The fourth-order valence-electron chi connectivity index (χ4n) is 3.04. The van der Waals surface area contributed by atoms with Crippen LogP contribution < -0.4 is 19.1 Å². The molecule has 7 nitrogen and oxygen atoms in total. The number of anilines is 2. The van der Waals surface area contributed by atoms with Gasteiger partial charge in [0, 0.05) is 11.5 Å². The Morgan fingerprint density at radius 3 is 2.41 bits per heavy atom. The number of nitrogens with zero attached hydrogens (tertiary/aromatic N) is 1. The second kappa shape index (κ2) is 8.40. The van der Waals surface area contributed by atoms with Crippen LogP contribution in [0.15, 0.2) is 60.7 Å². The molecule has 0 saturated carbocycles. The van der Waals surface area contributed by atoms with Gasteiger partial charge in [-0.2, -0.15) is 0 Å². The highest BCUT2D eigenvalue weighted by Crippen LogP contribution is 2.30. The van der Waals surface area contributed by atoms with Gasteiger partial charge in [-0.05, 0) is 23.6 Å². The van der Waals surface area contributed by atoms with Crippen LogP contribution in [-0.2, 0) is 14.8 Å². The molecule has 0 aliphatic heterocycles. The molecule has 29 heavy (non-hydrogen) atoms. The van der Waals surface area contributed by atoms with Crippen molar-refractivity contribution in [3.05, 3.63) is 60.7 Å². The van der Waals surface area contributed by atoms with E-state index in [2.05, 4.69) is 5.32 Å². The first kappa shape index (κ1) is 20.5. The predicted molar refractivity (Wildman–Crippen MR) is 114 cm³/mol. The molecule has 1 N–H and O–H groups in total. The molecule has 0 fully saturated rings. The molecule has 0 aromatic heterocycles. The van der Waals surface area contributed by atoms with Crippen molar-refractivity contribution in [1.29, 1.82) is 0 Å². The first-order valence-electron chi connectivity index (χ1n) is 8.81. The highest BCUT2D eigenvalue weighted by molar-refractivity contribution is 7.92. The predicted octanol–water partition coefficient (Wildman–Crippen LogP) is 3.26. The van der Waals surface area contributed by atoms with Crippen LogP contribution in [0.5, 0.6) is 11.5 Å². The lowest BCUT2D eigenvalue weighted by molar-refractivity contribution is -0.114. The molecule has 1 amide bonds. The first-order chi connectivity index (χ1) is 13.8. The van der Waals surface area contributed by atoms with Crippen LogP contribution in [0.3, 0.4) is 0 Å². The summed E-state index contributed by atoms with van der Waals surface area (Å²) in [6.45, 7) is -0.382. The summed E-state index contributed by atoms with van der Waals surface area (Å²) in [5, 5.41) is 4.33. The summed E-state index contributed by atoms with van der Waals surface area (Å²) in [4.78, 5) is 12.7. The Kier molecular flexibility index (Phi) is 5.93. The number of amides is 1. The SMILES string of the molecule is COc1ccc(OC)c(NC(=O)CN(c2cccc3ccccc23)S(C)(=O)=O)c1. The number of hydrogen-bond donors (Lipinski definition) is 1. The molecule has 3 aromatic rings. The number of carbonyl (C=O) groups excluding carboxylic acids is 1. The Hall–Kier alpha value is -3.26. The van der Waals surface area contributed by atoms with Gasteiger partial charge in [-0.15, -0.1) is 0 Å². The highest BCUT2D eigenvalue weighted by Gasteiger charge is 2.23. The zero-order valence-corrected chi connectivity index (χ0v) is 17.2. The van der Waals surface area contributed by atoms with Crippen molar-refractivity contribution >= 4 is 38.1 Å². The van der Waals surface area contributed by atoms with Gasteiger partial charge >= 0.3 is 0 Å². The first-order valence-corrected chi connectivity index (χ1v) is 10.7. The van der Waals surface area contributed by atoms with E-state index < -0.39 is 15.9 Å². The molecule has 152 valence electrons. The third-order valence-corrected chi connectivity index (χ3v) is 5.53. The molecular formula is C21H22N2O5S. The number of hydrogen-bond acceptors (Lipinski definition) is 5. The Bertz CT molecular complexity index is 1140. The lowest BCUT2D eigenvalue weighted by Gasteiger charge is -2.23. The zero-order chi connectivity index (χ0) is 21.0. The fourth-order valence-corrected chi connectivity index (χ4v) is 3.91. The van der Waals surface area contributed by atoms with E-state index in [1.165, 1.54) is 14.2 Å². The minimum Gasteiger partial charge on any atom is -0.497 e. The molecule has 3 aromatic carbocycles. The molecule has 3 rings (SSSR count). The molecule has 0 atom stereocenters. The number of nitrogens with one attached hydrogen (secondary N) is 1. The van der Waals surface area contributed by atoms with Crippen LogP contribution in [0.4, 0.5) is 11.4 Å². The van der Waals surface area contributed by atoms with E-state index in [1.807, 2.05) is 30.3 Å². The number of ether oxygens (including phenoxy) is 2. The number of rotatable bonds is 7. The molecular weight excluding hydrogens is 392 g/mol. The van der Waals surface area contributed by atoms with Crippen molar-refractivity contribution in [2.24, 2.45) is 0 Å². The number of methoxy groups -OCH3 is 2. The standard InChI is InChI=1S/C21H22N2O5S/c1-27-16-11-12-20(28-2)18(13-16)22-21(24)14-23(29(3,25)26)19-10-6-8-15-7-4-5-9-17(15)19/h4-13H,14H2,1-3H3,(H,22,24). The van der Waals surface area contributed by atoms with Crippen LogP contribution in [0.2, 0.25) is 0 Å². The largest absolute Gasteiger partial charge is 0.497 e. The van der Waals surface area contributed by atoms with Gasteiger partial charge in [-0.3, -0.25) is 9.10 Å². The van der Waals surface area contributed by atoms with Gasteiger partial charge in [-0.1, -0.05) is 36.4 Å². The molecule has 0 aliphatic carbocycles. The van der Waals surface area contributed by atoms with Crippen molar-refractivity contribution in [2.45, 2.75) is 0 Å². The third kappa shape index (κ3) is 4.60. The van der Waals surface area contributed by atoms with E-state index >= 15 is 0 Å². The van der Waals surface area contributed by atoms with Crippen molar-refractivity contribution in [2.75, 3.05) is 36.6 Å². The van der Waals surface area contributed by atoms with Gasteiger partial charge in [0.05, 0.1) is 31.9 Å². The highest BCUT2D eigenvalue weighted by atomic mass is 32.2. The van der Waals surface area contributed by atoms with Crippen molar-refractivity contribution in [3.8, 4) is 11.5 Å². The summed E-state index contributed by atoms with van der Waals surface area (Å²) in [5.41, 5.74) is 0.835. The lowest BCUT2D eigenvalue weighted by atomic mass is 10.1. The maximum atomic E-state index is 12.7. The Labute approximate surface area is 169 Å². The van der Waals surface area contributed by atoms with E-state index in [1.54, 1.807) is 30.3 Å². The molecule has 0 saturated heterocycles. The van der Waals surface area contributed by atoms with Gasteiger partial charge in [0.25, 0.3) is 0 Å². The normalized spacial score (nSPS) is 11.1. The second-order valence-electron chi connectivity index (χ2n) is 6.38. The number of benzene rings is 3. The minimum absolute atomic E-state index is 0.382. The van der Waals surface area contributed by atoms with Crippen LogP contribution in [0.25, 0.3) is 10.8 Å². The Balaban J connectivity index is 1.94. The van der Waals surface area contributed by atoms with Crippen molar-refractivity contribution in [1.82, 2.24) is 0 Å². The zero-order valence-electron chi connectivity index (χ0n) is 16.4. The quantitative estimate of drug-likeness (QED) is 0.641. The molecule has 0 heterocycles. The Morgan fingerprint density at radius 2 is 1.72 bits per heavy atom. The van der Waals surface area contributed by atoms with Crippen LogP contribution >= 0.6 is 0 Å². The van der Waals surface area contributed by atoms with E-state index in [-0.39, 0.29) is 6.54 Å². The number of fused-ring (bicyclic) bond motifs is 1. The van der Waals surface area contributed by atoms with Gasteiger partial charge in [0.15, 0.2) is 0 Å². The van der Waals surface area contributed by atoms with Crippen LogP contribution in [0.1, 0.15) is 0 Å².